The highest BCUT2D eigenvalue weighted by Crippen LogP contribution is 2.17. The van der Waals surface area contributed by atoms with E-state index in [0.717, 1.165) is 0 Å². The normalized spacial score (nSPS) is 9.91. The van der Waals surface area contributed by atoms with E-state index < -0.39 is 5.97 Å². The molecule has 0 fully saturated rings. The van der Waals surface area contributed by atoms with Crippen molar-refractivity contribution < 1.29 is 19.1 Å². The molecule has 0 bridgehead atoms. The van der Waals surface area contributed by atoms with Crippen LogP contribution in [0.5, 0.6) is 5.88 Å². The van der Waals surface area contributed by atoms with Crippen molar-refractivity contribution in [1.29, 1.82) is 0 Å². The molecule has 0 aliphatic heterocycles. The van der Waals surface area contributed by atoms with E-state index in [1.54, 1.807) is 42.6 Å². The minimum absolute atomic E-state index is 0.286. The second-order valence-corrected chi connectivity index (χ2v) is 4.31. The molecule has 0 unspecified atom stereocenters. The molecule has 2 aromatic rings. The maximum Gasteiger partial charge on any atom is 0.337 e. The molecule has 0 saturated carbocycles. The zero-order chi connectivity index (χ0) is 15.9. The van der Waals surface area contributed by atoms with Gasteiger partial charge in [0.1, 0.15) is 5.56 Å². The number of ether oxygens (including phenoxy) is 2. The minimum Gasteiger partial charge on any atom is -0.477 e. The summed E-state index contributed by atoms with van der Waals surface area (Å²) in [6, 6.07) is 9.71. The fraction of sp³-hybridized carbons (Fsp3) is 0.188. The standard InChI is InChI=1S/C16H16N2O4/c1-3-22-15-13(5-4-10-17-15)14(19)18-12-8-6-11(7-9-12)16(20)21-2/h4-10H,3H2,1-2H3,(H,18,19). The summed E-state index contributed by atoms with van der Waals surface area (Å²) in [5, 5.41) is 2.73. The molecule has 0 aliphatic rings. The molecule has 1 N–H and O–H groups in total. The van der Waals surface area contributed by atoms with Gasteiger partial charge in [-0.3, -0.25) is 4.79 Å². The van der Waals surface area contributed by atoms with E-state index >= 15 is 0 Å². The van der Waals surface area contributed by atoms with Gasteiger partial charge in [0.25, 0.3) is 5.91 Å². The molecule has 2 rings (SSSR count). The number of aromatic nitrogens is 1. The smallest absolute Gasteiger partial charge is 0.337 e. The van der Waals surface area contributed by atoms with Crippen molar-refractivity contribution in [2.45, 2.75) is 6.92 Å². The molecule has 1 aromatic heterocycles. The number of anilines is 1. The highest BCUT2D eigenvalue weighted by molar-refractivity contribution is 6.06. The molecule has 114 valence electrons. The highest BCUT2D eigenvalue weighted by atomic mass is 16.5. The van der Waals surface area contributed by atoms with Gasteiger partial charge in [-0.1, -0.05) is 0 Å². The van der Waals surface area contributed by atoms with E-state index in [1.807, 2.05) is 6.92 Å². The van der Waals surface area contributed by atoms with E-state index in [4.69, 9.17) is 4.74 Å². The monoisotopic (exact) mass is 300 g/mol. The van der Waals surface area contributed by atoms with Crippen molar-refractivity contribution in [1.82, 2.24) is 4.98 Å². The summed E-state index contributed by atoms with van der Waals surface area (Å²) < 4.78 is 9.95. The van der Waals surface area contributed by atoms with Crippen LogP contribution in [0.25, 0.3) is 0 Å². The lowest BCUT2D eigenvalue weighted by Crippen LogP contribution is -2.14. The molecule has 1 heterocycles. The van der Waals surface area contributed by atoms with Crippen molar-refractivity contribution >= 4 is 17.6 Å². The summed E-state index contributed by atoms with van der Waals surface area (Å²) in [5.74, 6) is -0.472. The van der Waals surface area contributed by atoms with E-state index in [0.29, 0.717) is 23.4 Å². The zero-order valence-electron chi connectivity index (χ0n) is 12.3. The predicted molar refractivity (Wildman–Crippen MR) is 81.1 cm³/mol. The summed E-state index contributed by atoms with van der Waals surface area (Å²) in [4.78, 5) is 27.6. The van der Waals surface area contributed by atoms with Gasteiger partial charge in [-0.2, -0.15) is 0 Å². The second-order valence-electron chi connectivity index (χ2n) is 4.31. The van der Waals surface area contributed by atoms with Gasteiger partial charge in [-0.25, -0.2) is 9.78 Å². The molecule has 0 saturated heterocycles. The molecular formula is C16H16N2O4. The quantitative estimate of drug-likeness (QED) is 0.858. The van der Waals surface area contributed by atoms with E-state index in [1.165, 1.54) is 7.11 Å². The number of rotatable bonds is 5. The molecule has 1 amide bonds. The number of pyridine rings is 1. The summed E-state index contributed by atoms with van der Waals surface area (Å²) in [7, 11) is 1.32. The SMILES string of the molecule is CCOc1ncccc1C(=O)Nc1ccc(C(=O)OC)cc1. The predicted octanol–water partition coefficient (Wildman–Crippen LogP) is 2.52. The van der Waals surface area contributed by atoms with Crippen molar-refractivity contribution in [3.8, 4) is 5.88 Å². The first-order valence-corrected chi connectivity index (χ1v) is 6.73. The molecule has 0 atom stereocenters. The fourth-order valence-electron chi connectivity index (χ4n) is 1.82. The van der Waals surface area contributed by atoms with Gasteiger partial charge in [0.15, 0.2) is 0 Å². The topological polar surface area (TPSA) is 77.5 Å². The Balaban J connectivity index is 2.14. The average molecular weight is 300 g/mol. The molecule has 0 aliphatic carbocycles. The number of carbonyl (C=O) groups is 2. The lowest BCUT2D eigenvalue weighted by Gasteiger charge is -2.09. The number of methoxy groups -OCH3 is 1. The number of amides is 1. The largest absolute Gasteiger partial charge is 0.477 e. The van der Waals surface area contributed by atoms with Gasteiger partial charge < -0.3 is 14.8 Å². The Morgan fingerprint density at radius 2 is 1.91 bits per heavy atom. The number of hydrogen-bond acceptors (Lipinski definition) is 5. The molecule has 1 aromatic carbocycles. The summed E-state index contributed by atoms with van der Waals surface area (Å²) in [5.41, 5.74) is 1.32. The molecule has 6 nitrogen and oxygen atoms in total. The van der Waals surface area contributed by atoms with Crippen LogP contribution in [0.2, 0.25) is 0 Å². The first-order valence-electron chi connectivity index (χ1n) is 6.73. The summed E-state index contributed by atoms with van der Waals surface area (Å²) >= 11 is 0. The van der Waals surface area contributed by atoms with Crippen LogP contribution < -0.4 is 10.1 Å². The van der Waals surface area contributed by atoms with Crippen LogP contribution in [-0.2, 0) is 4.74 Å². The van der Waals surface area contributed by atoms with Crippen molar-refractivity contribution in [2.75, 3.05) is 19.0 Å². The number of carbonyl (C=O) groups excluding carboxylic acids is 2. The first kappa shape index (κ1) is 15.5. The van der Waals surface area contributed by atoms with Gasteiger partial charge in [-0.15, -0.1) is 0 Å². The Hall–Kier alpha value is -2.89. The molecule has 6 heteroatoms. The lowest BCUT2D eigenvalue weighted by atomic mass is 10.2. The van der Waals surface area contributed by atoms with E-state index in [9.17, 15) is 9.59 Å². The van der Waals surface area contributed by atoms with Gasteiger partial charge in [0.05, 0.1) is 19.3 Å². The van der Waals surface area contributed by atoms with Crippen LogP contribution in [0.15, 0.2) is 42.6 Å². The second kappa shape index (κ2) is 7.21. The number of hydrogen-bond donors (Lipinski definition) is 1. The summed E-state index contributed by atoms with van der Waals surface area (Å²) in [6.45, 7) is 2.24. The third kappa shape index (κ3) is 3.60. The van der Waals surface area contributed by atoms with E-state index in [2.05, 4.69) is 15.0 Å². The summed E-state index contributed by atoms with van der Waals surface area (Å²) in [6.07, 6.45) is 1.56. The Bertz CT molecular complexity index is 668. The lowest BCUT2D eigenvalue weighted by molar-refractivity contribution is 0.0600. The maximum atomic E-state index is 12.3. The molecular weight excluding hydrogens is 284 g/mol. The minimum atomic E-state index is -0.427. The molecule has 22 heavy (non-hydrogen) atoms. The van der Waals surface area contributed by atoms with Crippen molar-refractivity contribution in [3.05, 3.63) is 53.7 Å². The van der Waals surface area contributed by atoms with Crippen LogP contribution in [0.4, 0.5) is 5.69 Å². The van der Waals surface area contributed by atoms with Crippen molar-refractivity contribution in [3.63, 3.8) is 0 Å². The van der Waals surface area contributed by atoms with Crippen LogP contribution >= 0.6 is 0 Å². The number of nitrogens with zero attached hydrogens (tertiary/aromatic N) is 1. The van der Waals surface area contributed by atoms with Crippen LogP contribution in [-0.4, -0.2) is 30.6 Å². The van der Waals surface area contributed by atoms with Gasteiger partial charge in [0, 0.05) is 11.9 Å². The Labute approximate surface area is 128 Å². The highest BCUT2D eigenvalue weighted by Gasteiger charge is 2.13. The third-order valence-corrected chi connectivity index (χ3v) is 2.86. The first-order chi connectivity index (χ1) is 10.7. The Kier molecular flexibility index (Phi) is 5.08. The third-order valence-electron chi connectivity index (χ3n) is 2.86. The zero-order valence-corrected chi connectivity index (χ0v) is 12.3. The van der Waals surface area contributed by atoms with Gasteiger partial charge >= 0.3 is 5.97 Å². The fourth-order valence-corrected chi connectivity index (χ4v) is 1.82. The molecule has 0 spiro atoms. The van der Waals surface area contributed by atoms with Crippen LogP contribution in [0, 0.1) is 0 Å². The Morgan fingerprint density at radius 3 is 2.55 bits per heavy atom. The van der Waals surface area contributed by atoms with Crippen molar-refractivity contribution in [2.24, 2.45) is 0 Å². The average Bonchev–Trinajstić information content (AvgIpc) is 2.55. The maximum absolute atomic E-state index is 12.3. The van der Waals surface area contributed by atoms with Crippen LogP contribution in [0.1, 0.15) is 27.6 Å². The van der Waals surface area contributed by atoms with Gasteiger partial charge in [0.2, 0.25) is 5.88 Å². The van der Waals surface area contributed by atoms with E-state index in [-0.39, 0.29) is 11.8 Å². The molecule has 0 radical (unpaired) electrons. The number of esters is 1. The number of benzene rings is 1. The number of nitrogens with one attached hydrogen (secondary N) is 1. The van der Waals surface area contributed by atoms with Gasteiger partial charge in [-0.05, 0) is 43.3 Å². The van der Waals surface area contributed by atoms with Crippen LogP contribution in [0.3, 0.4) is 0 Å². The Morgan fingerprint density at radius 1 is 1.18 bits per heavy atom.